The molecule has 4 aliphatic carbocycles. The molecule has 3 N–H and O–H groups in total. The summed E-state index contributed by atoms with van der Waals surface area (Å²) < 4.78 is 0. The van der Waals surface area contributed by atoms with Gasteiger partial charge in [0.05, 0.1) is 6.20 Å². The summed E-state index contributed by atoms with van der Waals surface area (Å²) in [5.41, 5.74) is 1.99. The van der Waals surface area contributed by atoms with Gasteiger partial charge in [0.15, 0.2) is 0 Å². The number of aliphatic hydroxyl groups is 1. The van der Waals surface area contributed by atoms with Gasteiger partial charge in [-0.25, -0.2) is 4.98 Å². The van der Waals surface area contributed by atoms with E-state index in [1.807, 2.05) is 6.07 Å². The molecule has 8 heteroatoms. The lowest BCUT2D eigenvalue weighted by molar-refractivity contribution is -0.102. The molecule has 6 rings (SSSR count). The van der Waals surface area contributed by atoms with E-state index in [2.05, 4.69) is 58.1 Å². The Morgan fingerprint density at radius 2 is 1.97 bits per heavy atom. The van der Waals surface area contributed by atoms with E-state index >= 15 is 0 Å². The van der Waals surface area contributed by atoms with Gasteiger partial charge in [-0.2, -0.15) is 10.2 Å². The van der Waals surface area contributed by atoms with E-state index in [1.54, 1.807) is 18.0 Å². The molecule has 0 spiro atoms. The SMILES string of the molecule is CSc1ccccc1CNc1ncc(C#N)c(NC[C@]23CC4C[C@H](C2)[C@H](N(C)CCCO)[C@@H](C4)C3)n1. The second-order valence-corrected chi connectivity index (χ2v) is 12.0. The molecular formula is C28H38N6OS. The number of rotatable bonds is 11. The second kappa shape index (κ2) is 11.0. The normalized spacial score (nSPS) is 28.3. The first kappa shape index (κ1) is 25.3. The molecule has 1 aromatic heterocycles. The molecule has 1 unspecified atom stereocenters. The van der Waals surface area contributed by atoms with Crippen molar-refractivity contribution in [3.05, 3.63) is 41.6 Å². The number of nitrogens with one attached hydrogen (secondary N) is 2. The fraction of sp³-hybridized carbons (Fsp3) is 0.607. The molecule has 192 valence electrons. The Bertz CT molecular complexity index is 1090. The van der Waals surface area contributed by atoms with E-state index in [4.69, 9.17) is 4.98 Å². The van der Waals surface area contributed by atoms with Gasteiger partial charge in [0.25, 0.3) is 0 Å². The Labute approximate surface area is 219 Å². The first-order chi connectivity index (χ1) is 17.5. The average molecular weight is 507 g/mol. The molecule has 4 saturated carbocycles. The third-order valence-electron chi connectivity index (χ3n) is 8.70. The van der Waals surface area contributed by atoms with Crippen LogP contribution in [-0.2, 0) is 6.54 Å². The van der Waals surface area contributed by atoms with Crippen molar-refractivity contribution >= 4 is 23.5 Å². The minimum absolute atomic E-state index is 0.268. The van der Waals surface area contributed by atoms with E-state index in [0.717, 1.165) is 37.3 Å². The summed E-state index contributed by atoms with van der Waals surface area (Å²) in [6.07, 6.45) is 11.0. The number of nitrogens with zero attached hydrogens (tertiary/aromatic N) is 4. The number of anilines is 2. The predicted molar refractivity (Wildman–Crippen MR) is 145 cm³/mol. The van der Waals surface area contributed by atoms with Crippen molar-refractivity contribution in [1.82, 2.24) is 14.9 Å². The molecule has 1 heterocycles. The minimum atomic E-state index is 0.268. The van der Waals surface area contributed by atoms with Crippen molar-refractivity contribution in [3.63, 3.8) is 0 Å². The highest BCUT2D eigenvalue weighted by atomic mass is 32.2. The summed E-state index contributed by atoms with van der Waals surface area (Å²) in [7, 11) is 2.25. The van der Waals surface area contributed by atoms with Gasteiger partial charge in [-0.3, -0.25) is 0 Å². The highest BCUT2D eigenvalue weighted by Crippen LogP contribution is 2.61. The lowest BCUT2D eigenvalue weighted by atomic mass is 9.47. The van der Waals surface area contributed by atoms with Crippen molar-refractivity contribution < 1.29 is 5.11 Å². The van der Waals surface area contributed by atoms with Crippen molar-refractivity contribution in [3.8, 4) is 6.07 Å². The number of nitriles is 1. The van der Waals surface area contributed by atoms with Crippen LogP contribution in [0, 0.1) is 34.5 Å². The van der Waals surface area contributed by atoms with E-state index in [9.17, 15) is 10.4 Å². The van der Waals surface area contributed by atoms with Gasteiger partial charge in [0, 0.05) is 37.2 Å². The van der Waals surface area contributed by atoms with Gasteiger partial charge in [-0.15, -0.1) is 11.8 Å². The summed E-state index contributed by atoms with van der Waals surface area (Å²) >= 11 is 1.73. The Hall–Kier alpha value is -2.34. The van der Waals surface area contributed by atoms with Crippen molar-refractivity contribution in [1.29, 1.82) is 5.26 Å². The number of aliphatic hydroxyl groups excluding tert-OH is 1. The standard InChI is InChI=1S/C28H38N6OS/c1-34(8-5-9-35)25-21-10-19-11-22(25)14-28(12-19,13-21)18-32-26-23(15-29)17-31-27(33-26)30-16-20-6-3-4-7-24(20)36-2/h3-4,6-7,17,19,21-22,25,35H,5,8-14,16,18H2,1-2H3,(H2,30,31,32,33)/t19?,21-,22+,25+,28-. The molecule has 0 aliphatic heterocycles. The van der Waals surface area contributed by atoms with Crippen LogP contribution < -0.4 is 10.6 Å². The van der Waals surface area contributed by atoms with Crippen LogP contribution in [0.25, 0.3) is 0 Å². The molecule has 2 aromatic rings. The summed E-state index contributed by atoms with van der Waals surface area (Å²) in [6.45, 7) is 2.75. The molecule has 1 aromatic carbocycles. The van der Waals surface area contributed by atoms with Gasteiger partial charge in [0.1, 0.15) is 17.5 Å². The highest BCUT2D eigenvalue weighted by molar-refractivity contribution is 7.98. The lowest BCUT2D eigenvalue weighted by Crippen LogP contribution is -2.60. The Morgan fingerprint density at radius 3 is 2.69 bits per heavy atom. The van der Waals surface area contributed by atoms with Gasteiger partial charge >= 0.3 is 0 Å². The maximum absolute atomic E-state index is 9.70. The maximum atomic E-state index is 9.70. The minimum Gasteiger partial charge on any atom is -0.396 e. The Morgan fingerprint density at radius 1 is 1.19 bits per heavy atom. The quantitative estimate of drug-likeness (QED) is 0.381. The average Bonchev–Trinajstić information content (AvgIpc) is 2.89. The zero-order valence-corrected chi connectivity index (χ0v) is 22.2. The molecule has 4 fully saturated rings. The van der Waals surface area contributed by atoms with Crippen LogP contribution in [0.1, 0.15) is 49.7 Å². The molecule has 5 atom stereocenters. The summed E-state index contributed by atoms with van der Waals surface area (Å²) in [5.74, 6) is 3.47. The number of hydrogen-bond donors (Lipinski definition) is 3. The van der Waals surface area contributed by atoms with Crippen LogP contribution in [0.4, 0.5) is 11.8 Å². The van der Waals surface area contributed by atoms with E-state index in [0.29, 0.717) is 29.9 Å². The van der Waals surface area contributed by atoms with Gasteiger partial charge in [-0.05, 0) is 86.6 Å². The second-order valence-electron chi connectivity index (χ2n) is 11.1. The number of aromatic nitrogens is 2. The molecule has 36 heavy (non-hydrogen) atoms. The zero-order valence-electron chi connectivity index (χ0n) is 21.4. The largest absolute Gasteiger partial charge is 0.396 e. The van der Waals surface area contributed by atoms with Gasteiger partial charge in [0.2, 0.25) is 5.95 Å². The Kier molecular flexibility index (Phi) is 7.71. The third kappa shape index (κ3) is 5.20. The van der Waals surface area contributed by atoms with Gasteiger partial charge in [-0.1, -0.05) is 18.2 Å². The van der Waals surface area contributed by atoms with Crippen LogP contribution in [-0.4, -0.2) is 59.0 Å². The molecule has 0 radical (unpaired) electrons. The molecular weight excluding hydrogens is 468 g/mol. The van der Waals surface area contributed by atoms with Crippen LogP contribution in [0.15, 0.2) is 35.4 Å². The third-order valence-corrected chi connectivity index (χ3v) is 9.54. The van der Waals surface area contributed by atoms with E-state index in [1.165, 1.54) is 42.6 Å². The number of hydrogen-bond acceptors (Lipinski definition) is 8. The van der Waals surface area contributed by atoms with Crippen LogP contribution >= 0.6 is 11.8 Å². The van der Waals surface area contributed by atoms with Crippen molar-refractivity contribution in [2.75, 3.05) is 43.6 Å². The predicted octanol–water partition coefficient (Wildman–Crippen LogP) is 4.60. The topological polar surface area (TPSA) is 97.1 Å². The maximum Gasteiger partial charge on any atom is 0.224 e. The zero-order chi connectivity index (χ0) is 25.1. The summed E-state index contributed by atoms with van der Waals surface area (Å²) in [4.78, 5) is 12.9. The van der Waals surface area contributed by atoms with E-state index in [-0.39, 0.29) is 12.0 Å². The van der Waals surface area contributed by atoms with Crippen molar-refractivity contribution in [2.24, 2.45) is 23.2 Å². The molecule has 0 saturated heterocycles. The number of benzene rings is 1. The lowest BCUT2D eigenvalue weighted by Gasteiger charge is -2.62. The van der Waals surface area contributed by atoms with Crippen LogP contribution in [0.5, 0.6) is 0 Å². The first-order valence-electron chi connectivity index (χ1n) is 13.2. The van der Waals surface area contributed by atoms with Gasteiger partial charge < -0.3 is 20.6 Å². The smallest absolute Gasteiger partial charge is 0.224 e. The fourth-order valence-corrected chi connectivity index (χ4v) is 8.17. The van der Waals surface area contributed by atoms with Crippen LogP contribution in [0.3, 0.4) is 0 Å². The van der Waals surface area contributed by atoms with Crippen LogP contribution in [0.2, 0.25) is 0 Å². The summed E-state index contributed by atoms with van der Waals surface area (Å²) in [5, 5.41) is 25.9. The summed E-state index contributed by atoms with van der Waals surface area (Å²) in [6, 6.07) is 11.2. The van der Waals surface area contributed by atoms with E-state index < -0.39 is 0 Å². The van der Waals surface area contributed by atoms with Crippen molar-refractivity contribution in [2.45, 2.75) is 56.0 Å². The number of thioether (sulfide) groups is 1. The molecule has 4 bridgehead atoms. The molecule has 0 amide bonds. The first-order valence-corrected chi connectivity index (χ1v) is 14.4. The Balaban J connectivity index is 1.26. The monoisotopic (exact) mass is 506 g/mol. The molecule has 7 nitrogen and oxygen atoms in total. The molecule has 4 aliphatic rings. The highest BCUT2D eigenvalue weighted by Gasteiger charge is 2.55. The fourth-order valence-electron chi connectivity index (χ4n) is 7.55.